The molecule has 1 heterocycles. The Morgan fingerprint density at radius 2 is 2.06 bits per heavy atom. The lowest BCUT2D eigenvalue weighted by molar-refractivity contribution is 0.573. The van der Waals surface area contributed by atoms with E-state index in [4.69, 9.17) is 5.73 Å². The first-order valence-electron chi connectivity index (χ1n) is 5.37. The Labute approximate surface area is 112 Å². The van der Waals surface area contributed by atoms with Crippen LogP contribution in [0.25, 0.3) is 0 Å². The minimum Gasteiger partial charge on any atom is -0.324 e. The van der Waals surface area contributed by atoms with Crippen molar-refractivity contribution < 1.29 is 8.78 Å². The molecule has 0 aliphatic heterocycles. The molecule has 18 heavy (non-hydrogen) atoms. The number of rotatable bonds is 3. The summed E-state index contributed by atoms with van der Waals surface area (Å²) >= 11 is 3.27. The first-order chi connectivity index (χ1) is 8.58. The van der Waals surface area contributed by atoms with Crippen LogP contribution in [0.5, 0.6) is 0 Å². The van der Waals surface area contributed by atoms with Gasteiger partial charge in [-0.05, 0) is 30.2 Å². The van der Waals surface area contributed by atoms with Crippen LogP contribution in [0, 0.1) is 11.6 Å². The van der Waals surface area contributed by atoms with Gasteiger partial charge < -0.3 is 5.73 Å². The summed E-state index contributed by atoms with van der Waals surface area (Å²) in [5.74, 6) is -0.752. The number of hydrogen-bond acceptors (Lipinski definition) is 2. The van der Waals surface area contributed by atoms with Gasteiger partial charge in [-0.2, -0.15) is 0 Å². The Bertz CT molecular complexity index is 560. The summed E-state index contributed by atoms with van der Waals surface area (Å²) in [6.45, 7) is 0. The fraction of sp³-hybridized carbons (Fsp3) is 0.154. The first kappa shape index (κ1) is 13.1. The molecule has 0 fully saturated rings. The fourth-order valence-electron chi connectivity index (χ4n) is 1.72. The molecule has 2 N–H and O–H groups in total. The number of halogens is 3. The molecule has 0 aliphatic carbocycles. The number of aromatic nitrogens is 1. The van der Waals surface area contributed by atoms with Gasteiger partial charge >= 0.3 is 0 Å². The number of hydrogen-bond donors (Lipinski definition) is 1. The van der Waals surface area contributed by atoms with E-state index >= 15 is 0 Å². The van der Waals surface area contributed by atoms with Crippen molar-refractivity contribution in [2.75, 3.05) is 0 Å². The molecule has 0 amide bonds. The zero-order valence-corrected chi connectivity index (χ0v) is 11.0. The van der Waals surface area contributed by atoms with Gasteiger partial charge in [0.2, 0.25) is 0 Å². The zero-order chi connectivity index (χ0) is 13.1. The summed E-state index contributed by atoms with van der Waals surface area (Å²) in [6, 6.07) is 5.42. The van der Waals surface area contributed by atoms with Crippen LogP contribution in [-0.4, -0.2) is 4.98 Å². The van der Waals surface area contributed by atoms with E-state index in [0.717, 1.165) is 11.8 Å². The lowest BCUT2D eigenvalue weighted by atomic mass is 10.0. The van der Waals surface area contributed by atoms with Gasteiger partial charge in [0, 0.05) is 22.3 Å². The summed E-state index contributed by atoms with van der Waals surface area (Å²) in [4.78, 5) is 3.67. The van der Waals surface area contributed by atoms with Gasteiger partial charge in [-0.25, -0.2) is 8.78 Å². The maximum Gasteiger partial charge on any atom is 0.146 e. The standard InChI is InChI=1S/C13H11BrF2N2/c14-11-6-9(15)2-1-8(11)5-13(17)10-3-4-18-7-12(10)16/h1-4,6-7,13H,5,17H2. The molecule has 2 nitrogen and oxygen atoms in total. The maximum atomic E-state index is 13.5. The second-order valence-electron chi connectivity index (χ2n) is 3.94. The van der Waals surface area contributed by atoms with E-state index in [1.807, 2.05) is 0 Å². The Kier molecular flexibility index (Phi) is 4.04. The van der Waals surface area contributed by atoms with Gasteiger partial charge in [0.05, 0.1) is 6.20 Å². The van der Waals surface area contributed by atoms with Crippen LogP contribution in [-0.2, 0) is 6.42 Å². The highest BCUT2D eigenvalue weighted by Gasteiger charge is 2.13. The SMILES string of the molecule is NC(Cc1ccc(F)cc1Br)c1ccncc1F. The highest BCUT2D eigenvalue weighted by molar-refractivity contribution is 9.10. The lowest BCUT2D eigenvalue weighted by Gasteiger charge is -2.13. The van der Waals surface area contributed by atoms with E-state index < -0.39 is 11.9 Å². The van der Waals surface area contributed by atoms with Gasteiger partial charge in [-0.3, -0.25) is 4.98 Å². The van der Waals surface area contributed by atoms with Crippen LogP contribution in [0.2, 0.25) is 0 Å². The van der Waals surface area contributed by atoms with Gasteiger partial charge in [-0.15, -0.1) is 0 Å². The highest BCUT2D eigenvalue weighted by Crippen LogP contribution is 2.24. The van der Waals surface area contributed by atoms with Crippen molar-refractivity contribution in [2.45, 2.75) is 12.5 Å². The topological polar surface area (TPSA) is 38.9 Å². The normalized spacial score (nSPS) is 12.4. The largest absolute Gasteiger partial charge is 0.324 e. The molecule has 0 spiro atoms. The third-order valence-electron chi connectivity index (χ3n) is 2.66. The maximum absolute atomic E-state index is 13.5. The molecule has 0 saturated carbocycles. The predicted octanol–water partition coefficient (Wildman–Crippen LogP) is 3.36. The van der Waals surface area contributed by atoms with Crippen molar-refractivity contribution in [2.24, 2.45) is 5.73 Å². The summed E-state index contributed by atoms with van der Waals surface area (Å²) in [5.41, 5.74) is 7.19. The molecular weight excluding hydrogens is 302 g/mol. The van der Waals surface area contributed by atoms with Crippen molar-refractivity contribution in [3.63, 3.8) is 0 Å². The molecule has 1 unspecified atom stereocenters. The molecule has 5 heteroatoms. The summed E-state index contributed by atoms with van der Waals surface area (Å²) < 4.78 is 27.1. The van der Waals surface area contributed by atoms with E-state index in [1.165, 1.54) is 18.3 Å². The van der Waals surface area contributed by atoms with Crippen LogP contribution in [0.4, 0.5) is 8.78 Å². The third-order valence-corrected chi connectivity index (χ3v) is 3.40. The average Bonchev–Trinajstić information content (AvgIpc) is 2.33. The molecule has 0 saturated heterocycles. The monoisotopic (exact) mass is 312 g/mol. The molecule has 0 bridgehead atoms. The van der Waals surface area contributed by atoms with Crippen molar-refractivity contribution in [3.8, 4) is 0 Å². The van der Waals surface area contributed by atoms with Crippen molar-refractivity contribution >= 4 is 15.9 Å². The van der Waals surface area contributed by atoms with E-state index in [-0.39, 0.29) is 5.82 Å². The van der Waals surface area contributed by atoms with Crippen LogP contribution < -0.4 is 5.73 Å². The van der Waals surface area contributed by atoms with E-state index in [0.29, 0.717) is 16.5 Å². The Morgan fingerprint density at radius 1 is 1.28 bits per heavy atom. The van der Waals surface area contributed by atoms with Crippen molar-refractivity contribution in [3.05, 3.63) is 63.9 Å². The van der Waals surface area contributed by atoms with Crippen LogP contribution in [0.3, 0.4) is 0 Å². The minimum absolute atomic E-state index is 0.325. The molecular formula is C13H11BrF2N2. The minimum atomic E-state index is -0.491. The molecule has 1 aromatic carbocycles. The summed E-state index contributed by atoms with van der Waals surface area (Å²) in [7, 11) is 0. The predicted molar refractivity (Wildman–Crippen MR) is 68.9 cm³/mol. The number of nitrogens with two attached hydrogens (primary N) is 1. The number of nitrogens with zero attached hydrogens (tertiary/aromatic N) is 1. The number of benzene rings is 1. The average molecular weight is 313 g/mol. The van der Waals surface area contributed by atoms with Gasteiger partial charge in [0.15, 0.2) is 0 Å². The van der Waals surface area contributed by atoms with Crippen molar-refractivity contribution in [1.29, 1.82) is 0 Å². The molecule has 0 aliphatic rings. The molecule has 1 atom stereocenters. The van der Waals surface area contributed by atoms with Crippen LogP contribution in [0.15, 0.2) is 41.1 Å². The smallest absolute Gasteiger partial charge is 0.146 e. The molecule has 2 aromatic rings. The molecule has 1 aromatic heterocycles. The molecule has 2 rings (SSSR count). The van der Waals surface area contributed by atoms with Gasteiger partial charge in [0.1, 0.15) is 11.6 Å². The fourth-order valence-corrected chi connectivity index (χ4v) is 2.23. The van der Waals surface area contributed by atoms with Crippen LogP contribution >= 0.6 is 15.9 Å². The Hall–Kier alpha value is -1.33. The van der Waals surface area contributed by atoms with Gasteiger partial charge in [0.25, 0.3) is 0 Å². The summed E-state index contributed by atoms with van der Waals surface area (Å²) in [5, 5.41) is 0. The second kappa shape index (κ2) is 5.54. The summed E-state index contributed by atoms with van der Waals surface area (Å²) in [6.07, 6.45) is 3.05. The number of pyridine rings is 1. The van der Waals surface area contributed by atoms with Gasteiger partial charge in [-0.1, -0.05) is 22.0 Å². The molecule has 94 valence electrons. The first-order valence-corrected chi connectivity index (χ1v) is 6.16. The Morgan fingerprint density at radius 3 is 2.72 bits per heavy atom. The third kappa shape index (κ3) is 2.91. The second-order valence-corrected chi connectivity index (χ2v) is 4.80. The van der Waals surface area contributed by atoms with E-state index in [9.17, 15) is 8.78 Å². The zero-order valence-electron chi connectivity index (χ0n) is 9.41. The van der Waals surface area contributed by atoms with E-state index in [1.54, 1.807) is 12.1 Å². The van der Waals surface area contributed by atoms with Crippen LogP contribution in [0.1, 0.15) is 17.2 Å². The lowest BCUT2D eigenvalue weighted by Crippen LogP contribution is -2.15. The molecule has 0 radical (unpaired) electrons. The van der Waals surface area contributed by atoms with E-state index in [2.05, 4.69) is 20.9 Å². The van der Waals surface area contributed by atoms with Crippen molar-refractivity contribution in [1.82, 2.24) is 4.98 Å². The quantitative estimate of drug-likeness (QED) is 0.943. The Balaban J connectivity index is 2.21. The highest BCUT2D eigenvalue weighted by atomic mass is 79.9.